The van der Waals surface area contributed by atoms with E-state index in [0.717, 1.165) is 36.5 Å². The fraction of sp³-hybridized carbons (Fsp3) is 0.561. The van der Waals surface area contributed by atoms with Gasteiger partial charge in [-0.15, -0.1) is 0 Å². The summed E-state index contributed by atoms with van der Waals surface area (Å²) in [6, 6.07) is 28.5. The zero-order valence-corrected chi connectivity index (χ0v) is 26.3. The predicted molar refractivity (Wildman–Crippen MR) is 179 cm³/mol. The van der Waals surface area contributed by atoms with Crippen molar-refractivity contribution in [2.75, 3.05) is 0 Å². The van der Waals surface area contributed by atoms with Crippen LogP contribution in [-0.2, 0) is 12.8 Å². The Labute approximate surface area is 252 Å². The summed E-state index contributed by atoms with van der Waals surface area (Å²) in [7, 11) is 0. The van der Waals surface area contributed by atoms with Gasteiger partial charge < -0.3 is 0 Å². The molecule has 2 aliphatic carbocycles. The molecule has 0 heterocycles. The second-order valence-electron chi connectivity index (χ2n) is 13.6. The molecule has 0 saturated heterocycles. The number of unbranched alkanes of at least 4 members (excludes halogenated alkanes) is 3. The van der Waals surface area contributed by atoms with Crippen LogP contribution in [0.25, 0.3) is 11.1 Å². The maximum absolute atomic E-state index is 2.43. The van der Waals surface area contributed by atoms with Gasteiger partial charge in [-0.05, 0) is 121 Å². The zero-order valence-electron chi connectivity index (χ0n) is 26.3. The minimum Gasteiger partial charge on any atom is -0.0654 e. The van der Waals surface area contributed by atoms with Gasteiger partial charge in [0, 0.05) is 0 Å². The van der Waals surface area contributed by atoms with Crippen LogP contribution >= 0.6 is 0 Å². The Hall–Kier alpha value is -2.34. The quantitative estimate of drug-likeness (QED) is 0.186. The van der Waals surface area contributed by atoms with Crippen molar-refractivity contribution in [1.82, 2.24) is 0 Å². The van der Waals surface area contributed by atoms with Crippen LogP contribution in [0.4, 0.5) is 0 Å². The molecule has 0 radical (unpaired) electrons. The molecule has 0 atom stereocenters. The summed E-state index contributed by atoms with van der Waals surface area (Å²) in [5, 5.41) is 0. The third-order valence-corrected chi connectivity index (χ3v) is 10.7. The van der Waals surface area contributed by atoms with Crippen molar-refractivity contribution in [1.29, 1.82) is 0 Å². The van der Waals surface area contributed by atoms with Crippen molar-refractivity contribution < 1.29 is 0 Å². The van der Waals surface area contributed by atoms with Crippen molar-refractivity contribution in [2.45, 2.75) is 135 Å². The van der Waals surface area contributed by atoms with Crippen LogP contribution in [0.5, 0.6) is 0 Å². The normalized spacial score (nSPS) is 23.0. The lowest BCUT2D eigenvalue weighted by Gasteiger charge is -2.29. The molecule has 2 fully saturated rings. The lowest BCUT2D eigenvalue weighted by atomic mass is 9.77. The fourth-order valence-corrected chi connectivity index (χ4v) is 7.80. The van der Waals surface area contributed by atoms with Gasteiger partial charge in [-0.25, -0.2) is 0 Å². The maximum Gasteiger partial charge on any atom is -0.0162 e. The summed E-state index contributed by atoms with van der Waals surface area (Å²) in [4.78, 5) is 0. The lowest BCUT2D eigenvalue weighted by Crippen LogP contribution is -2.13. The molecule has 2 saturated carbocycles. The molecule has 2 aliphatic rings. The van der Waals surface area contributed by atoms with E-state index in [-0.39, 0.29) is 0 Å². The number of hydrogen-bond donors (Lipinski definition) is 0. The largest absolute Gasteiger partial charge is 0.0654 e. The van der Waals surface area contributed by atoms with E-state index in [4.69, 9.17) is 0 Å². The molecule has 0 spiro atoms. The van der Waals surface area contributed by atoms with Gasteiger partial charge in [0.2, 0.25) is 0 Å². The van der Waals surface area contributed by atoms with Gasteiger partial charge in [0.15, 0.2) is 0 Å². The van der Waals surface area contributed by atoms with E-state index in [1.165, 1.54) is 119 Å². The molecule has 5 rings (SSSR count). The maximum atomic E-state index is 2.43. The Bertz CT molecular complexity index is 1120. The first kappa shape index (κ1) is 30.1. The van der Waals surface area contributed by atoms with E-state index in [1.54, 1.807) is 11.1 Å². The van der Waals surface area contributed by atoms with Crippen LogP contribution in [0.1, 0.15) is 144 Å². The molecular formula is C41H56. The van der Waals surface area contributed by atoms with E-state index >= 15 is 0 Å². The third-order valence-electron chi connectivity index (χ3n) is 10.7. The number of rotatable bonds is 13. The van der Waals surface area contributed by atoms with Crippen LogP contribution in [0, 0.1) is 11.8 Å². The highest BCUT2D eigenvalue weighted by Crippen LogP contribution is 2.39. The fourth-order valence-electron chi connectivity index (χ4n) is 7.80. The Morgan fingerprint density at radius 3 is 1.29 bits per heavy atom. The van der Waals surface area contributed by atoms with Gasteiger partial charge in [-0.2, -0.15) is 0 Å². The van der Waals surface area contributed by atoms with Crippen molar-refractivity contribution in [3.8, 4) is 11.1 Å². The Morgan fingerprint density at radius 1 is 0.439 bits per heavy atom. The first-order valence-electron chi connectivity index (χ1n) is 17.5. The van der Waals surface area contributed by atoms with Crippen LogP contribution in [0.3, 0.4) is 0 Å². The summed E-state index contributed by atoms with van der Waals surface area (Å²) in [6.07, 6.45) is 23.4. The van der Waals surface area contributed by atoms with Crippen LogP contribution in [0.15, 0.2) is 72.8 Å². The van der Waals surface area contributed by atoms with Crippen molar-refractivity contribution in [3.05, 3.63) is 95.1 Å². The summed E-state index contributed by atoms with van der Waals surface area (Å²) in [5.41, 5.74) is 8.74. The molecule has 0 unspecified atom stereocenters. The summed E-state index contributed by atoms with van der Waals surface area (Å²) in [6.45, 7) is 4.64. The van der Waals surface area contributed by atoms with Gasteiger partial charge in [0.25, 0.3) is 0 Å². The van der Waals surface area contributed by atoms with E-state index < -0.39 is 0 Å². The van der Waals surface area contributed by atoms with E-state index in [9.17, 15) is 0 Å². The monoisotopic (exact) mass is 548 g/mol. The smallest absolute Gasteiger partial charge is 0.0162 e. The van der Waals surface area contributed by atoms with Gasteiger partial charge in [-0.3, -0.25) is 0 Å². The van der Waals surface area contributed by atoms with E-state index in [2.05, 4.69) is 86.6 Å². The highest BCUT2D eigenvalue weighted by molar-refractivity contribution is 5.64. The van der Waals surface area contributed by atoms with Crippen LogP contribution in [-0.4, -0.2) is 0 Å². The molecule has 3 aromatic carbocycles. The molecule has 0 heteroatoms. The van der Waals surface area contributed by atoms with Gasteiger partial charge in [0.1, 0.15) is 0 Å². The minimum atomic E-state index is 0.772. The third kappa shape index (κ3) is 8.83. The van der Waals surface area contributed by atoms with E-state index in [1.807, 2.05) is 0 Å². The molecule has 0 nitrogen and oxygen atoms in total. The Morgan fingerprint density at radius 2 is 0.829 bits per heavy atom. The predicted octanol–water partition coefficient (Wildman–Crippen LogP) is 12.5. The molecule has 0 amide bonds. The van der Waals surface area contributed by atoms with Crippen LogP contribution < -0.4 is 0 Å². The molecule has 41 heavy (non-hydrogen) atoms. The van der Waals surface area contributed by atoms with Gasteiger partial charge in [-0.1, -0.05) is 132 Å². The summed E-state index contributed by atoms with van der Waals surface area (Å²) < 4.78 is 0. The first-order valence-corrected chi connectivity index (χ1v) is 17.5. The topological polar surface area (TPSA) is 0 Å². The molecule has 0 N–H and O–H groups in total. The second kappa shape index (κ2) is 15.8. The zero-order chi connectivity index (χ0) is 28.3. The van der Waals surface area contributed by atoms with Crippen molar-refractivity contribution in [2.24, 2.45) is 11.8 Å². The Balaban J connectivity index is 1.06. The van der Waals surface area contributed by atoms with Gasteiger partial charge in [0.05, 0.1) is 0 Å². The lowest BCUT2D eigenvalue weighted by molar-refractivity contribution is 0.303. The average molecular weight is 549 g/mol. The molecule has 3 aromatic rings. The van der Waals surface area contributed by atoms with Crippen molar-refractivity contribution in [3.63, 3.8) is 0 Å². The molecule has 0 aliphatic heterocycles. The summed E-state index contributed by atoms with van der Waals surface area (Å²) >= 11 is 0. The molecule has 0 aromatic heterocycles. The van der Waals surface area contributed by atoms with Crippen LogP contribution in [0.2, 0.25) is 0 Å². The number of benzene rings is 3. The molecular weight excluding hydrogens is 492 g/mol. The molecule has 220 valence electrons. The van der Waals surface area contributed by atoms with Crippen molar-refractivity contribution >= 4 is 0 Å². The first-order chi connectivity index (χ1) is 20.2. The standard InChI is InChI=1S/C41H56/c1-3-5-7-9-33-14-22-38(23-15-33)40-28-30-41(31-29-40)39-26-18-35(19-27-39)11-10-34-16-24-37(25-17-34)36-20-12-32(13-21-36)8-6-4-2/h16-19,24-33,36,38H,3-15,20-23H2,1-2H3. The molecule has 0 bridgehead atoms. The highest BCUT2D eigenvalue weighted by Gasteiger charge is 2.23. The highest BCUT2D eigenvalue weighted by atomic mass is 14.3. The minimum absolute atomic E-state index is 0.772. The number of hydrogen-bond acceptors (Lipinski definition) is 0. The Kier molecular flexibility index (Phi) is 11.6. The summed E-state index contributed by atoms with van der Waals surface area (Å²) in [5.74, 6) is 3.54. The SMILES string of the molecule is CCCCCC1CCC(c2ccc(-c3ccc(CCc4ccc(C5CCC(CCCC)CC5)cc4)cc3)cc2)CC1. The second-order valence-corrected chi connectivity index (χ2v) is 13.6. The van der Waals surface area contributed by atoms with Gasteiger partial charge >= 0.3 is 0 Å². The number of aryl methyl sites for hydroxylation is 2. The average Bonchev–Trinajstić information content (AvgIpc) is 3.04. The van der Waals surface area contributed by atoms with E-state index in [0.29, 0.717) is 0 Å².